The van der Waals surface area contributed by atoms with Crippen molar-refractivity contribution >= 4 is 51.6 Å². The lowest BCUT2D eigenvalue weighted by molar-refractivity contribution is -0.156. The maximum atomic E-state index is 15.0. The summed E-state index contributed by atoms with van der Waals surface area (Å²) in [7, 11) is 1.71. The predicted molar refractivity (Wildman–Crippen MR) is 299 cm³/mol. The fraction of sp³-hybridized carbons (Fsp3) is 0.617. The van der Waals surface area contributed by atoms with Gasteiger partial charge in [-0.15, -0.1) is 4.31 Å². The number of nitrogens with zero attached hydrogens (tertiary/aromatic N) is 7. The second kappa shape index (κ2) is 22.1. The Morgan fingerprint density at radius 2 is 1.78 bits per heavy atom. The summed E-state index contributed by atoms with van der Waals surface area (Å²) in [4.78, 5) is 70.7. The molecular formula is C60H81N9O8S. The first-order valence-corrected chi connectivity index (χ1v) is 29.9. The molecule has 10 atom stereocenters. The number of rotatable bonds is 12. The number of nitrogens with one attached hydrogen (secondary N) is 2. The van der Waals surface area contributed by atoms with Gasteiger partial charge >= 0.3 is 5.97 Å². The molecule has 1 saturated carbocycles. The largest absolute Gasteiger partial charge is 0.593 e. The smallest absolute Gasteiger partial charge is 0.324 e. The Labute approximate surface area is 463 Å². The van der Waals surface area contributed by atoms with Crippen LogP contribution in [0.15, 0.2) is 65.7 Å². The topological polar surface area (TPSA) is 177 Å². The van der Waals surface area contributed by atoms with E-state index >= 15 is 9.59 Å². The van der Waals surface area contributed by atoms with Crippen molar-refractivity contribution in [3.63, 3.8) is 0 Å². The molecule has 11 rings (SSSR count). The Hall–Kier alpha value is -5.08. The van der Waals surface area contributed by atoms with Crippen molar-refractivity contribution in [3.05, 3.63) is 77.6 Å². The normalized spacial score (nSPS) is 28.9. The van der Waals surface area contributed by atoms with E-state index in [-0.39, 0.29) is 60.3 Å². The van der Waals surface area contributed by atoms with E-state index in [4.69, 9.17) is 19.2 Å². The van der Waals surface area contributed by atoms with Crippen molar-refractivity contribution in [1.29, 1.82) is 0 Å². The van der Waals surface area contributed by atoms with E-state index in [2.05, 4.69) is 84.0 Å². The molecule has 6 aliphatic heterocycles. The van der Waals surface area contributed by atoms with Crippen LogP contribution in [0.1, 0.15) is 109 Å². The van der Waals surface area contributed by atoms with E-state index in [0.717, 1.165) is 81.8 Å². The summed E-state index contributed by atoms with van der Waals surface area (Å²) in [6, 6.07) is 15.9. The number of cyclic esters (lactones) is 1. The number of methoxy groups -OCH3 is 1. The van der Waals surface area contributed by atoms with Crippen LogP contribution >= 0.6 is 0 Å². The number of hydrogen-bond acceptors (Lipinski definition) is 13. The number of fused-ring (bicyclic) bond motifs is 6. The van der Waals surface area contributed by atoms with Crippen molar-refractivity contribution in [2.75, 3.05) is 71.0 Å². The molecule has 1 unspecified atom stereocenters. The van der Waals surface area contributed by atoms with Crippen LogP contribution in [-0.2, 0) is 57.7 Å². The van der Waals surface area contributed by atoms with Gasteiger partial charge in [0.15, 0.2) is 10.9 Å². The average molecular weight is 1090 g/mol. The van der Waals surface area contributed by atoms with Crippen molar-refractivity contribution in [2.24, 2.45) is 22.7 Å². The van der Waals surface area contributed by atoms with Crippen LogP contribution in [0.5, 0.6) is 0 Å². The molecule has 8 heterocycles. The van der Waals surface area contributed by atoms with Crippen molar-refractivity contribution < 1.29 is 37.9 Å². The van der Waals surface area contributed by atoms with E-state index in [9.17, 15) is 14.1 Å². The van der Waals surface area contributed by atoms with Crippen LogP contribution in [0.4, 0.5) is 5.69 Å². The van der Waals surface area contributed by atoms with Gasteiger partial charge in [0.25, 0.3) is 5.91 Å². The zero-order valence-electron chi connectivity index (χ0n) is 47.0. The number of aryl methyl sites for hydroxylation is 2. The Bertz CT molecular complexity index is 2890. The highest BCUT2D eigenvalue weighted by Gasteiger charge is 2.67. The predicted octanol–water partition coefficient (Wildman–Crippen LogP) is 6.57. The molecule has 1 aliphatic carbocycles. The highest BCUT2D eigenvalue weighted by Crippen LogP contribution is 2.52. The number of hydrazine groups is 1. The lowest BCUT2D eigenvalue weighted by Crippen LogP contribution is -2.62. The molecule has 1 spiro atoms. The molecular weight excluding hydrogens is 1010 g/mol. The first kappa shape index (κ1) is 54.9. The second-order valence-corrected chi connectivity index (χ2v) is 26.1. The number of hydrogen-bond donors (Lipinski definition) is 2. The maximum Gasteiger partial charge on any atom is 0.324 e. The molecule has 3 amide bonds. The Kier molecular flexibility index (Phi) is 15.5. The molecule has 6 bridgehead atoms. The third-order valence-corrected chi connectivity index (χ3v) is 19.5. The van der Waals surface area contributed by atoms with Crippen LogP contribution in [0, 0.1) is 29.6 Å². The number of likely N-dealkylation sites (tertiary alicyclic amines) is 2. The molecule has 7 aliphatic rings. The summed E-state index contributed by atoms with van der Waals surface area (Å²) in [5.74, 6) is -0.558. The number of esters is 1. The van der Waals surface area contributed by atoms with Crippen molar-refractivity contribution in [2.45, 2.75) is 154 Å². The minimum atomic E-state index is -1.40. The summed E-state index contributed by atoms with van der Waals surface area (Å²) in [6.07, 6.45) is 6.90. The lowest BCUT2D eigenvalue weighted by Gasteiger charge is -2.39. The number of amides is 3. The second-order valence-electron chi connectivity index (χ2n) is 24.7. The zero-order valence-corrected chi connectivity index (χ0v) is 47.8. The first-order valence-electron chi connectivity index (χ1n) is 28.8. The minimum Gasteiger partial charge on any atom is -0.593 e. The summed E-state index contributed by atoms with van der Waals surface area (Å²) < 4.78 is 36.8. The van der Waals surface area contributed by atoms with Crippen molar-refractivity contribution in [3.8, 4) is 11.3 Å². The number of pyridine rings is 1. The fourth-order valence-corrected chi connectivity index (χ4v) is 15.1. The molecule has 17 nitrogen and oxygen atoms in total. The van der Waals surface area contributed by atoms with E-state index in [1.54, 1.807) is 7.11 Å². The molecule has 5 saturated heterocycles. The van der Waals surface area contributed by atoms with E-state index in [1.165, 1.54) is 5.01 Å². The number of anilines is 1. The zero-order chi connectivity index (χ0) is 54.8. The first-order chi connectivity index (χ1) is 37.5. The molecule has 2 aromatic carbocycles. The van der Waals surface area contributed by atoms with Gasteiger partial charge in [0.1, 0.15) is 12.1 Å². The summed E-state index contributed by atoms with van der Waals surface area (Å²) in [6.45, 7) is 20.0. The number of carbonyl (C=O) groups excluding carboxylic acids is 4. The van der Waals surface area contributed by atoms with Gasteiger partial charge in [0.05, 0.1) is 60.3 Å². The monoisotopic (exact) mass is 1090 g/mol. The van der Waals surface area contributed by atoms with Crippen LogP contribution in [0.3, 0.4) is 0 Å². The minimum absolute atomic E-state index is 0.00781. The van der Waals surface area contributed by atoms with E-state index in [1.807, 2.05) is 59.6 Å². The third kappa shape index (κ3) is 10.8. The molecule has 18 heteroatoms. The SMILES string of the molecule is CCn1c(-c2cccnc2[C@H](C)OC)c2c3cc(ccc31)N1CCO[C@@H](C[C@H](NC(=O)[C@H](C(C)C)N3CC[C@]4(CCN(C(=O)[C@H]5[C@@H](C6CC6)N5[S@+]([O-])c5ccc(C)cc5)C4)C3)C(=O)N3CCC[C@H](N3)C(=O)OCC(C)(C)C2)C1. The van der Waals surface area contributed by atoms with Gasteiger partial charge in [0.2, 0.25) is 11.8 Å². The highest BCUT2D eigenvalue weighted by atomic mass is 32.2. The number of ether oxygens (including phenoxy) is 3. The van der Waals surface area contributed by atoms with Gasteiger partial charge in [0, 0.05) is 98.5 Å². The molecule has 0 radical (unpaired) electrons. The van der Waals surface area contributed by atoms with Crippen LogP contribution in [0.25, 0.3) is 22.2 Å². The lowest BCUT2D eigenvalue weighted by atomic mass is 9.84. The fourth-order valence-electron chi connectivity index (χ4n) is 13.6. The highest BCUT2D eigenvalue weighted by molar-refractivity contribution is 7.89. The van der Waals surface area contributed by atoms with Gasteiger partial charge in [-0.2, -0.15) is 0 Å². The number of morpholine rings is 1. The van der Waals surface area contributed by atoms with E-state index in [0.29, 0.717) is 77.6 Å². The van der Waals surface area contributed by atoms with Crippen LogP contribution in [0.2, 0.25) is 0 Å². The van der Waals surface area contributed by atoms with Gasteiger partial charge < -0.3 is 38.4 Å². The third-order valence-electron chi connectivity index (χ3n) is 18.0. The van der Waals surface area contributed by atoms with Gasteiger partial charge in [-0.3, -0.25) is 34.1 Å². The average Bonchev–Trinajstić information content (AvgIpc) is 4.51. The number of aromatic nitrogens is 2. The maximum absolute atomic E-state index is 15.0. The number of benzene rings is 2. The molecule has 2 aromatic heterocycles. The van der Waals surface area contributed by atoms with Gasteiger partial charge in [-0.1, -0.05) is 45.4 Å². The van der Waals surface area contributed by atoms with Crippen LogP contribution in [-0.4, -0.2) is 159 Å². The van der Waals surface area contributed by atoms with Gasteiger partial charge in [-0.05, 0) is 132 Å². The Balaban J connectivity index is 0.841. The van der Waals surface area contributed by atoms with Crippen molar-refractivity contribution in [1.82, 2.24) is 39.4 Å². The molecule has 6 fully saturated rings. The Morgan fingerprint density at radius 1 is 1.00 bits per heavy atom. The summed E-state index contributed by atoms with van der Waals surface area (Å²) >= 11 is -1.40. The Morgan fingerprint density at radius 3 is 2.53 bits per heavy atom. The van der Waals surface area contributed by atoms with Crippen LogP contribution < -0.4 is 15.6 Å². The van der Waals surface area contributed by atoms with E-state index < -0.39 is 47.0 Å². The molecule has 420 valence electrons. The molecule has 4 aromatic rings. The van der Waals surface area contributed by atoms with Gasteiger partial charge in [-0.25, -0.2) is 5.43 Å². The summed E-state index contributed by atoms with van der Waals surface area (Å²) in [5, 5.41) is 5.92. The number of carbonyl (C=O) groups is 4. The summed E-state index contributed by atoms with van der Waals surface area (Å²) in [5.41, 5.74) is 9.91. The molecule has 78 heavy (non-hydrogen) atoms. The standard InChI is InChI=1S/C60H81N9O8S/c1-9-67-49-21-18-41-30-45(49)46(53(67)44-12-10-24-61-50(44)39(5)75-8)32-59(6,7)36-77-58(73)47-13-11-25-68(63-47)56(71)48(31-42-33-64(41)28-29-76-42)62-55(70)51(37(2)3)65-26-22-60(34-65)23-27-66(35-60)57(72)54-52(40-16-17-40)69(54)78(74)43-19-14-38(4)15-20-43/h10,12,14-15,18-21,24,30,37,39-40,42,47-48,51-52,54,63H,9,11,13,16-17,22-23,25-29,31-36H2,1-8H3,(H,62,70)/t39-,42-,47-,48-,51-,52+,54+,60-,69?,78+/m0/s1. The quantitative estimate of drug-likeness (QED) is 0.0886. The molecule has 2 N–H and O–H groups in total.